The van der Waals surface area contributed by atoms with Gasteiger partial charge in [0.25, 0.3) is 0 Å². The van der Waals surface area contributed by atoms with Crippen molar-refractivity contribution in [3.8, 4) is 11.5 Å². The summed E-state index contributed by atoms with van der Waals surface area (Å²) in [5.74, 6) is 5.61. The SMILES string of the molecule is CCCCS(=O)(=O)Cl.CCCCS(=O)(=O)NC1CC(C2=CB(O)Oc3cnc4[nH]ccc4c32)C1.NC1CC(C2=CB(O)Oc3cnc4[nH]ccc4c32)C1. The molecule has 284 valence electrons. The summed E-state index contributed by atoms with van der Waals surface area (Å²) in [6.07, 6.45) is 13.4. The molecular weight excluding hydrogens is 742 g/mol. The van der Waals surface area contributed by atoms with Gasteiger partial charge in [0, 0.05) is 57.1 Å². The number of sulfonamides is 1. The zero-order chi connectivity index (χ0) is 37.9. The first-order chi connectivity index (χ1) is 25.2. The van der Waals surface area contributed by atoms with Crippen molar-refractivity contribution < 1.29 is 36.2 Å². The Hall–Kier alpha value is -3.38. The van der Waals surface area contributed by atoms with Crippen LogP contribution in [0.25, 0.3) is 33.2 Å². The number of hydrogen-bond donors (Lipinski definition) is 6. The van der Waals surface area contributed by atoms with E-state index in [0.29, 0.717) is 30.3 Å². The largest absolute Gasteiger partial charge is 0.552 e. The maximum absolute atomic E-state index is 12.1. The minimum atomic E-state index is -3.21. The van der Waals surface area contributed by atoms with Gasteiger partial charge in [0.1, 0.15) is 22.8 Å². The average Bonchev–Trinajstić information content (AvgIpc) is 3.76. The van der Waals surface area contributed by atoms with E-state index in [1.54, 1.807) is 24.3 Å². The zero-order valence-corrected chi connectivity index (χ0v) is 32.1. The van der Waals surface area contributed by atoms with Crippen LogP contribution < -0.4 is 19.8 Å². The predicted molar refractivity (Wildman–Crippen MR) is 209 cm³/mol. The fraction of sp³-hybridized carbons (Fsp3) is 0.471. The summed E-state index contributed by atoms with van der Waals surface area (Å²) in [5, 5.41) is 21.8. The van der Waals surface area contributed by atoms with E-state index in [1.165, 1.54) is 0 Å². The van der Waals surface area contributed by atoms with Crippen molar-refractivity contribution in [1.82, 2.24) is 24.7 Å². The highest BCUT2D eigenvalue weighted by Gasteiger charge is 2.39. The fourth-order valence-electron chi connectivity index (χ4n) is 7.08. The van der Waals surface area contributed by atoms with Crippen molar-refractivity contribution in [3.63, 3.8) is 0 Å². The van der Waals surface area contributed by atoms with Crippen molar-refractivity contribution >= 4 is 77.2 Å². The summed E-state index contributed by atoms with van der Waals surface area (Å²) in [6.45, 7) is 3.90. The summed E-state index contributed by atoms with van der Waals surface area (Å²) in [4.78, 5) is 14.8. The minimum Gasteiger partial charge on any atom is -0.531 e. The summed E-state index contributed by atoms with van der Waals surface area (Å²) >= 11 is 0. The number of aromatic amines is 2. The molecule has 14 nitrogen and oxygen atoms in total. The van der Waals surface area contributed by atoms with Gasteiger partial charge in [-0.05, 0) is 85.6 Å². The van der Waals surface area contributed by atoms with Gasteiger partial charge < -0.3 is 35.1 Å². The van der Waals surface area contributed by atoms with E-state index < -0.39 is 33.3 Å². The topological polar surface area (TPSA) is 223 Å². The van der Waals surface area contributed by atoms with Crippen LogP contribution in [-0.2, 0) is 19.1 Å². The zero-order valence-electron chi connectivity index (χ0n) is 29.7. The third-order valence-corrected chi connectivity index (χ3v) is 12.6. The van der Waals surface area contributed by atoms with Crippen LogP contribution in [0.5, 0.6) is 11.5 Å². The number of halogens is 1. The van der Waals surface area contributed by atoms with Crippen LogP contribution in [0.2, 0.25) is 0 Å². The molecule has 0 amide bonds. The van der Waals surface area contributed by atoms with Gasteiger partial charge in [-0.3, -0.25) is 0 Å². The summed E-state index contributed by atoms with van der Waals surface area (Å²) in [7, 11) is -3.44. The minimum absolute atomic E-state index is 0.0465. The lowest BCUT2D eigenvalue weighted by Gasteiger charge is -2.39. The van der Waals surface area contributed by atoms with E-state index in [1.807, 2.05) is 38.4 Å². The van der Waals surface area contributed by atoms with Crippen molar-refractivity contribution in [3.05, 3.63) is 60.0 Å². The molecule has 8 rings (SSSR count). The number of H-pyrrole nitrogens is 2. The van der Waals surface area contributed by atoms with Crippen LogP contribution in [0.1, 0.15) is 76.3 Å². The summed E-state index contributed by atoms with van der Waals surface area (Å²) in [5.41, 5.74) is 11.6. The molecule has 2 saturated carbocycles. The van der Waals surface area contributed by atoms with E-state index in [4.69, 9.17) is 25.7 Å². The third kappa shape index (κ3) is 9.47. The van der Waals surface area contributed by atoms with Gasteiger partial charge in [-0.15, -0.1) is 0 Å². The Bertz CT molecular complexity index is 2200. The van der Waals surface area contributed by atoms with Gasteiger partial charge in [0.15, 0.2) is 0 Å². The van der Waals surface area contributed by atoms with Gasteiger partial charge in [-0.1, -0.05) is 26.7 Å². The molecule has 0 bridgehead atoms. The van der Waals surface area contributed by atoms with E-state index in [0.717, 1.165) is 82.9 Å². The summed E-state index contributed by atoms with van der Waals surface area (Å²) < 4.78 is 58.2. The highest BCUT2D eigenvalue weighted by molar-refractivity contribution is 8.13. The highest BCUT2D eigenvalue weighted by atomic mass is 35.7. The molecule has 4 aromatic rings. The molecule has 4 aliphatic rings. The van der Waals surface area contributed by atoms with Gasteiger partial charge >= 0.3 is 14.2 Å². The number of nitrogens with one attached hydrogen (secondary N) is 3. The average molecular weight is 787 g/mol. The number of allylic oxidation sites excluding steroid dienone is 2. The van der Waals surface area contributed by atoms with Crippen molar-refractivity contribution in [2.75, 3.05) is 11.5 Å². The smallest absolute Gasteiger partial charge is 0.531 e. The first kappa shape index (κ1) is 39.3. The Morgan fingerprint density at radius 3 is 1.74 bits per heavy atom. The van der Waals surface area contributed by atoms with Crippen LogP contribution >= 0.6 is 10.7 Å². The van der Waals surface area contributed by atoms with Gasteiger partial charge in [-0.2, -0.15) is 0 Å². The van der Waals surface area contributed by atoms with Crippen LogP contribution in [0, 0.1) is 11.8 Å². The predicted octanol–water partition coefficient (Wildman–Crippen LogP) is 4.31. The number of fused-ring (bicyclic) bond motifs is 6. The second-order valence-corrected chi connectivity index (χ2v) is 18.7. The van der Waals surface area contributed by atoms with E-state index in [9.17, 15) is 26.9 Å². The molecule has 4 aromatic heterocycles. The lowest BCUT2D eigenvalue weighted by molar-refractivity contribution is 0.308. The molecule has 0 spiro atoms. The number of pyridine rings is 2. The molecule has 53 heavy (non-hydrogen) atoms. The fourth-order valence-corrected chi connectivity index (χ4v) is 9.53. The van der Waals surface area contributed by atoms with Crippen molar-refractivity contribution in [2.45, 2.75) is 77.3 Å². The molecule has 0 unspecified atom stereocenters. The van der Waals surface area contributed by atoms with Crippen LogP contribution in [0.3, 0.4) is 0 Å². The molecule has 2 fully saturated rings. The normalized spacial score (nSPS) is 22.0. The Morgan fingerprint density at radius 1 is 0.830 bits per heavy atom. The standard InChI is InChI=1S/C17H22BN3O4S.C13H14BN3O2.C4H9ClO2S/c1-2-3-6-26(23,24)21-12-7-11(8-12)14-9-18(22)25-15-10-20-17-13(16(14)15)4-5-19-17;15-8-3-7(4-8)10-5-14(18)19-11-6-17-13-9(12(10)11)1-2-16-13;1-2-3-4-8(5,6)7/h4-5,9-12,21-22H,2-3,6-8H2,1H3,(H,19,20);1-2,5-8,18H,3-4,15H2,(H,16,17);2-4H2,1H3. The molecule has 0 saturated heterocycles. The van der Waals surface area contributed by atoms with Crippen LogP contribution in [0.15, 0.2) is 48.9 Å². The Labute approximate surface area is 314 Å². The maximum atomic E-state index is 12.1. The molecule has 2 aliphatic carbocycles. The Balaban J connectivity index is 0.000000155. The molecule has 0 atom stereocenters. The monoisotopic (exact) mass is 786 g/mol. The van der Waals surface area contributed by atoms with E-state index in [-0.39, 0.29) is 29.5 Å². The number of rotatable bonds is 10. The molecular formula is C34H45B2ClN6O8S2. The number of nitrogens with zero attached hydrogens (tertiary/aromatic N) is 2. The first-order valence-electron chi connectivity index (χ1n) is 18.0. The van der Waals surface area contributed by atoms with Crippen LogP contribution in [-0.4, -0.2) is 84.6 Å². The quantitative estimate of drug-likeness (QED) is 0.0982. The number of unbranched alkanes of at least 4 members (excludes halogenated alkanes) is 2. The molecule has 0 aromatic carbocycles. The lowest BCUT2D eigenvalue weighted by Crippen LogP contribution is -2.45. The lowest BCUT2D eigenvalue weighted by atomic mass is 9.68. The highest BCUT2D eigenvalue weighted by Crippen LogP contribution is 2.47. The summed E-state index contributed by atoms with van der Waals surface area (Å²) in [6, 6.07) is 4.17. The van der Waals surface area contributed by atoms with Crippen LogP contribution in [0.4, 0.5) is 0 Å². The molecule has 0 radical (unpaired) electrons. The third-order valence-electron chi connectivity index (χ3n) is 9.87. The van der Waals surface area contributed by atoms with Crippen molar-refractivity contribution in [1.29, 1.82) is 0 Å². The second kappa shape index (κ2) is 16.6. The molecule has 2 aliphatic heterocycles. The Kier molecular flexibility index (Phi) is 12.3. The maximum Gasteiger partial charge on any atom is 0.552 e. The van der Waals surface area contributed by atoms with E-state index in [2.05, 4.69) is 24.7 Å². The molecule has 19 heteroatoms. The molecule has 6 heterocycles. The Morgan fingerprint density at radius 2 is 1.30 bits per heavy atom. The molecule has 7 N–H and O–H groups in total. The van der Waals surface area contributed by atoms with Gasteiger partial charge in [-0.25, -0.2) is 31.5 Å². The second-order valence-electron chi connectivity index (χ2n) is 13.9. The number of nitrogens with two attached hydrogens (primary N) is 1. The number of aromatic nitrogens is 4. The number of hydrogen-bond acceptors (Lipinski definition) is 11. The van der Waals surface area contributed by atoms with Gasteiger partial charge in [0.2, 0.25) is 19.1 Å². The van der Waals surface area contributed by atoms with Crippen molar-refractivity contribution in [2.24, 2.45) is 17.6 Å². The first-order valence-corrected chi connectivity index (χ1v) is 22.1. The van der Waals surface area contributed by atoms with Gasteiger partial charge in [0.05, 0.1) is 23.9 Å². The van der Waals surface area contributed by atoms with E-state index >= 15 is 0 Å².